The van der Waals surface area contributed by atoms with Gasteiger partial charge in [0.2, 0.25) is 5.89 Å². The van der Waals surface area contributed by atoms with Crippen LogP contribution in [-0.2, 0) is 12.7 Å². The average Bonchev–Trinajstić information content (AvgIpc) is 3.12. The fourth-order valence-electron chi connectivity index (χ4n) is 2.36. The largest absolute Gasteiger partial charge is 0.497 e. The molecule has 0 spiro atoms. The predicted octanol–water partition coefficient (Wildman–Crippen LogP) is 5.48. The van der Waals surface area contributed by atoms with E-state index in [1.54, 1.807) is 19.3 Å². The van der Waals surface area contributed by atoms with Gasteiger partial charge in [-0.3, -0.25) is 0 Å². The number of halogens is 3. The summed E-state index contributed by atoms with van der Waals surface area (Å²) < 4.78 is 48.2. The first-order valence-corrected chi connectivity index (χ1v) is 8.12. The number of methoxy groups -OCH3 is 1. The lowest BCUT2D eigenvalue weighted by atomic mass is 10.1. The Morgan fingerprint density at radius 3 is 2.59 bits per heavy atom. The van der Waals surface area contributed by atoms with Crippen molar-refractivity contribution < 1.29 is 22.3 Å². The maximum atomic E-state index is 12.6. The number of oxazole rings is 1. The van der Waals surface area contributed by atoms with Gasteiger partial charge in [-0.05, 0) is 35.9 Å². The summed E-state index contributed by atoms with van der Waals surface area (Å²) in [4.78, 5) is 4.31. The molecule has 3 aromatic rings. The number of rotatable bonds is 6. The molecule has 1 aromatic heterocycles. The number of hydrogen-bond donors (Lipinski definition) is 1. The summed E-state index contributed by atoms with van der Waals surface area (Å²) in [7, 11) is 1.60. The smallest absolute Gasteiger partial charge is 0.416 e. The average molecular weight is 374 g/mol. The van der Waals surface area contributed by atoms with Crippen molar-refractivity contribution in [3.8, 4) is 5.75 Å². The van der Waals surface area contributed by atoms with Crippen molar-refractivity contribution in [3.63, 3.8) is 0 Å². The zero-order chi connectivity index (χ0) is 19.3. The first-order valence-electron chi connectivity index (χ1n) is 8.12. The number of nitrogens with zero attached hydrogens (tertiary/aromatic N) is 1. The zero-order valence-corrected chi connectivity index (χ0v) is 14.5. The van der Waals surface area contributed by atoms with Crippen molar-refractivity contribution in [2.45, 2.75) is 12.7 Å². The van der Waals surface area contributed by atoms with Gasteiger partial charge in [-0.2, -0.15) is 13.2 Å². The quantitative estimate of drug-likeness (QED) is 0.620. The minimum Gasteiger partial charge on any atom is -0.497 e. The van der Waals surface area contributed by atoms with Gasteiger partial charge in [0, 0.05) is 17.8 Å². The number of ether oxygens (including phenoxy) is 1. The third-order valence-electron chi connectivity index (χ3n) is 3.77. The van der Waals surface area contributed by atoms with Crippen LogP contribution in [0.25, 0.3) is 12.2 Å². The van der Waals surface area contributed by atoms with Crippen molar-refractivity contribution >= 4 is 17.8 Å². The van der Waals surface area contributed by atoms with Crippen LogP contribution in [0.4, 0.5) is 18.9 Å². The van der Waals surface area contributed by atoms with Crippen LogP contribution in [0.5, 0.6) is 5.75 Å². The lowest BCUT2D eigenvalue weighted by molar-refractivity contribution is -0.137. The molecular weight excluding hydrogens is 357 g/mol. The van der Waals surface area contributed by atoms with Gasteiger partial charge in [-0.25, -0.2) is 4.98 Å². The molecule has 7 heteroatoms. The van der Waals surface area contributed by atoms with Crippen LogP contribution in [0.2, 0.25) is 0 Å². The standard InChI is InChI=1S/C20H17F3N2O2/c1-26-18-4-2-3-16(11-18)24-12-17-13-27-19(25-17)10-7-14-5-8-15(9-6-14)20(21,22)23/h2-11,13,24H,12H2,1H3/b10-7+. The second kappa shape index (κ2) is 7.99. The van der Waals surface area contributed by atoms with Gasteiger partial charge in [0.25, 0.3) is 0 Å². The number of anilines is 1. The number of alkyl halides is 3. The summed E-state index contributed by atoms with van der Waals surface area (Å²) in [5.74, 6) is 1.12. The van der Waals surface area contributed by atoms with Crippen molar-refractivity contribution in [1.29, 1.82) is 0 Å². The highest BCUT2D eigenvalue weighted by Gasteiger charge is 2.29. The van der Waals surface area contributed by atoms with E-state index in [1.165, 1.54) is 18.4 Å². The van der Waals surface area contributed by atoms with Crippen LogP contribution < -0.4 is 10.1 Å². The van der Waals surface area contributed by atoms with E-state index in [9.17, 15) is 13.2 Å². The number of hydrogen-bond acceptors (Lipinski definition) is 4. The van der Waals surface area contributed by atoms with Crippen LogP contribution >= 0.6 is 0 Å². The van der Waals surface area contributed by atoms with E-state index in [2.05, 4.69) is 10.3 Å². The summed E-state index contributed by atoms with van der Waals surface area (Å²) in [6.07, 6.45) is 0.442. The van der Waals surface area contributed by atoms with Crippen molar-refractivity contribution in [1.82, 2.24) is 4.98 Å². The molecule has 0 saturated heterocycles. The van der Waals surface area contributed by atoms with E-state index >= 15 is 0 Å². The Bertz CT molecular complexity index is 915. The van der Waals surface area contributed by atoms with Crippen LogP contribution in [0, 0.1) is 0 Å². The topological polar surface area (TPSA) is 47.3 Å². The maximum absolute atomic E-state index is 12.6. The number of nitrogens with one attached hydrogen (secondary N) is 1. The zero-order valence-electron chi connectivity index (χ0n) is 14.5. The lowest BCUT2D eigenvalue weighted by Crippen LogP contribution is -2.03. The van der Waals surface area contributed by atoms with E-state index < -0.39 is 11.7 Å². The molecule has 0 unspecified atom stereocenters. The van der Waals surface area contributed by atoms with E-state index in [1.807, 2.05) is 24.3 Å². The highest BCUT2D eigenvalue weighted by Crippen LogP contribution is 2.29. The highest BCUT2D eigenvalue weighted by atomic mass is 19.4. The second-order valence-electron chi connectivity index (χ2n) is 5.72. The Morgan fingerprint density at radius 2 is 1.89 bits per heavy atom. The van der Waals surface area contributed by atoms with E-state index in [4.69, 9.17) is 9.15 Å². The van der Waals surface area contributed by atoms with Gasteiger partial charge in [0.15, 0.2) is 0 Å². The van der Waals surface area contributed by atoms with Crippen molar-refractivity contribution in [3.05, 3.63) is 77.5 Å². The monoisotopic (exact) mass is 374 g/mol. The molecule has 0 saturated carbocycles. The summed E-state index contributed by atoms with van der Waals surface area (Å²) in [5.41, 5.74) is 1.53. The molecule has 0 aliphatic rings. The molecule has 1 heterocycles. The molecule has 2 aromatic carbocycles. The Kier molecular flexibility index (Phi) is 5.49. The highest BCUT2D eigenvalue weighted by molar-refractivity contribution is 5.66. The first-order chi connectivity index (χ1) is 12.9. The molecule has 3 rings (SSSR count). The molecule has 27 heavy (non-hydrogen) atoms. The van der Waals surface area contributed by atoms with Crippen LogP contribution in [-0.4, -0.2) is 12.1 Å². The maximum Gasteiger partial charge on any atom is 0.416 e. The normalized spacial score (nSPS) is 11.7. The molecule has 1 N–H and O–H groups in total. The number of aromatic nitrogens is 1. The van der Waals surface area contributed by atoms with Crippen LogP contribution in [0.3, 0.4) is 0 Å². The summed E-state index contributed by atoms with van der Waals surface area (Å²) in [5, 5.41) is 3.21. The summed E-state index contributed by atoms with van der Waals surface area (Å²) >= 11 is 0. The van der Waals surface area contributed by atoms with Gasteiger partial charge in [0.05, 0.1) is 24.9 Å². The van der Waals surface area contributed by atoms with E-state index in [0.717, 1.165) is 23.6 Å². The molecule has 0 amide bonds. The van der Waals surface area contributed by atoms with Crippen LogP contribution in [0.15, 0.2) is 59.2 Å². The Balaban J connectivity index is 1.59. The number of benzene rings is 2. The summed E-state index contributed by atoms with van der Waals surface area (Å²) in [6, 6.07) is 12.4. The van der Waals surface area contributed by atoms with Gasteiger partial charge < -0.3 is 14.5 Å². The molecule has 0 aliphatic heterocycles. The van der Waals surface area contributed by atoms with Crippen molar-refractivity contribution in [2.24, 2.45) is 0 Å². The molecule has 0 aliphatic carbocycles. The Morgan fingerprint density at radius 1 is 1.11 bits per heavy atom. The predicted molar refractivity (Wildman–Crippen MR) is 97.2 cm³/mol. The fourth-order valence-corrected chi connectivity index (χ4v) is 2.36. The van der Waals surface area contributed by atoms with Gasteiger partial charge in [0.1, 0.15) is 12.0 Å². The summed E-state index contributed by atoms with van der Waals surface area (Å²) in [6.45, 7) is 0.463. The SMILES string of the molecule is COc1cccc(NCc2coc(/C=C/c3ccc(C(F)(F)F)cc3)n2)c1. The lowest BCUT2D eigenvalue weighted by Gasteiger charge is -2.06. The molecule has 0 radical (unpaired) electrons. The Hall–Kier alpha value is -3.22. The van der Waals surface area contributed by atoms with E-state index in [0.29, 0.717) is 23.7 Å². The Labute approximate surface area is 154 Å². The minimum absolute atomic E-state index is 0.373. The second-order valence-corrected chi connectivity index (χ2v) is 5.72. The van der Waals surface area contributed by atoms with Gasteiger partial charge in [-0.1, -0.05) is 18.2 Å². The molecular formula is C20H17F3N2O2. The van der Waals surface area contributed by atoms with Crippen LogP contribution in [0.1, 0.15) is 22.7 Å². The molecule has 0 bridgehead atoms. The first kappa shape index (κ1) is 18.6. The molecule has 4 nitrogen and oxygen atoms in total. The third kappa shape index (κ3) is 5.13. The fraction of sp³-hybridized carbons (Fsp3) is 0.150. The van der Waals surface area contributed by atoms with Gasteiger partial charge in [-0.15, -0.1) is 0 Å². The molecule has 140 valence electrons. The van der Waals surface area contributed by atoms with Crippen molar-refractivity contribution in [2.75, 3.05) is 12.4 Å². The molecule has 0 fully saturated rings. The van der Waals surface area contributed by atoms with Gasteiger partial charge >= 0.3 is 6.18 Å². The molecule has 0 atom stereocenters. The third-order valence-corrected chi connectivity index (χ3v) is 3.77. The minimum atomic E-state index is -4.34. The van der Waals surface area contributed by atoms with E-state index in [-0.39, 0.29) is 0 Å².